The number of halogens is 1. The summed E-state index contributed by atoms with van der Waals surface area (Å²) in [6.45, 7) is 2.98. The van der Waals surface area contributed by atoms with Gasteiger partial charge in [0, 0.05) is 10.5 Å². The highest BCUT2D eigenvalue weighted by Crippen LogP contribution is 2.34. The molecule has 0 radical (unpaired) electrons. The molecule has 3 nitrogen and oxygen atoms in total. The smallest absolute Gasteiger partial charge is 0.179 e. The monoisotopic (exact) mass is 345 g/mol. The van der Waals surface area contributed by atoms with Crippen LogP contribution in [-0.4, -0.2) is 26.8 Å². The Morgan fingerprint density at radius 1 is 1.42 bits per heavy atom. The van der Waals surface area contributed by atoms with Gasteiger partial charge in [-0.3, -0.25) is 0 Å². The molecule has 2 rings (SSSR count). The average molecular weight is 346 g/mol. The van der Waals surface area contributed by atoms with E-state index in [1.54, 1.807) is 18.2 Å². The largest absolute Gasteiger partial charge is 0.313 e. The van der Waals surface area contributed by atoms with Crippen molar-refractivity contribution in [2.45, 2.75) is 37.1 Å². The van der Waals surface area contributed by atoms with Crippen molar-refractivity contribution < 1.29 is 8.42 Å². The van der Waals surface area contributed by atoms with Crippen LogP contribution in [0.4, 0.5) is 0 Å². The van der Waals surface area contributed by atoms with E-state index in [4.69, 9.17) is 0 Å². The molecule has 1 atom stereocenters. The zero-order valence-corrected chi connectivity index (χ0v) is 13.5. The third kappa shape index (κ3) is 4.29. The van der Waals surface area contributed by atoms with E-state index in [1.165, 1.54) is 0 Å². The topological polar surface area (TPSA) is 46.2 Å². The molecule has 0 spiro atoms. The molecule has 1 aromatic carbocycles. The first kappa shape index (κ1) is 15.0. The lowest BCUT2D eigenvalue weighted by atomic mass is 10.2. The minimum absolute atomic E-state index is 0.101. The molecule has 0 bridgehead atoms. The first-order chi connectivity index (χ1) is 9.03. The number of rotatable bonds is 7. The molecule has 0 heterocycles. The van der Waals surface area contributed by atoms with E-state index in [9.17, 15) is 8.42 Å². The Morgan fingerprint density at radius 2 is 2.16 bits per heavy atom. The van der Waals surface area contributed by atoms with Gasteiger partial charge in [-0.1, -0.05) is 28.9 Å². The van der Waals surface area contributed by atoms with E-state index >= 15 is 0 Å². The Kier molecular flexibility index (Phi) is 5.03. The fourth-order valence-electron chi connectivity index (χ4n) is 2.18. The maximum atomic E-state index is 12.4. The summed E-state index contributed by atoms with van der Waals surface area (Å²) in [6.07, 6.45) is 3.32. The molecule has 1 aliphatic carbocycles. The van der Waals surface area contributed by atoms with Crippen LogP contribution in [0.25, 0.3) is 0 Å². The summed E-state index contributed by atoms with van der Waals surface area (Å²) in [6, 6.07) is 7.06. The molecule has 0 saturated heterocycles. The molecule has 1 N–H and O–H groups in total. The highest BCUT2D eigenvalue weighted by atomic mass is 79.9. The van der Waals surface area contributed by atoms with Crippen LogP contribution in [0.2, 0.25) is 0 Å². The summed E-state index contributed by atoms with van der Waals surface area (Å²) < 4.78 is 25.7. The zero-order valence-electron chi connectivity index (χ0n) is 11.1. The van der Waals surface area contributed by atoms with Gasteiger partial charge in [-0.2, -0.15) is 0 Å². The molecular weight excluding hydrogens is 326 g/mol. The van der Waals surface area contributed by atoms with E-state index in [2.05, 4.69) is 28.2 Å². The Morgan fingerprint density at radius 3 is 2.74 bits per heavy atom. The van der Waals surface area contributed by atoms with Gasteiger partial charge in [-0.05, 0) is 49.9 Å². The quantitative estimate of drug-likeness (QED) is 0.826. The number of hydrogen-bond donors (Lipinski definition) is 1. The molecular formula is C14H20BrNO2S. The highest BCUT2D eigenvalue weighted by Gasteiger charge is 2.34. The number of sulfone groups is 1. The van der Waals surface area contributed by atoms with Crippen LogP contribution >= 0.6 is 15.9 Å². The van der Waals surface area contributed by atoms with Crippen molar-refractivity contribution in [2.75, 3.05) is 12.3 Å². The first-order valence-electron chi connectivity index (χ1n) is 6.74. The Hall–Kier alpha value is -0.390. The summed E-state index contributed by atoms with van der Waals surface area (Å²) in [5.74, 6) is 0.738. The van der Waals surface area contributed by atoms with E-state index in [0.717, 1.165) is 30.3 Å². The highest BCUT2D eigenvalue weighted by molar-refractivity contribution is 9.10. The summed E-state index contributed by atoms with van der Waals surface area (Å²) in [5, 5.41) is 3.38. The molecule has 0 amide bonds. The normalized spacial score (nSPS) is 17.4. The van der Waals surface area contributed by atoms with Crippen molar-refractivity contribution in [2.24, 2.45) is 5.92 Å². The fourth-order valence-corrected chi connectivity index (χ4v) is 4.38. The zero-order chi connectivity index (χ0) is 13.9. The van der Waals surface area contributed by atoms with Gasteiger partial charge in [0.25, 0.3) is 0 Å². The number of nitrogens with one attached hydrogen (secondary N) is 1. The maximum absolute atomic E-state index is 12.4. The number of benzene rings is 1. The predicted molar refractivity (Wildman–Crippen MR) is 81.0 cm³/mol. The van der Waals surface area contributed by atoms with Crippen molar-refractivity contribution in [3.63, 3.8) is 0 Å². The minimum atomic E-state index is -3.21. The summed E-state index contributed by atoms with van der Waals surface area (Å²) in [7, 11) is -3.21. The van der Waals surface area contributed by atoms with Gasteiger partial charge in [0.15, 0.2) is 9.84 Å². The van der Waals surface area contributed by atoms with Gasteiger partial charge >= 0.3 is 0 Å². The van der Waals surface area contributed by atoms with Crippen LogP contribution in [0.15, 0.2) is 33.6 Å². The Balaban J connectivity index is 2.10. The van der Waals surface area contributed by atoms with Crippen molar-refractivity contribution in [1.82, 2.24) is 5.32 Å². The van der Waals surface area contributed by atoms with Crippen LogP contribution in [0, 0.1) is 5.92 Å². The summed E-state index contributed by atoms with van der Waals surface area (Å²) in [4.78, 5) is 0.408. The molecule has 1 fully saturated rings. The molecule has 5 heteroatoms. The fraction of sp³-hybridized carbons (Fsp3) is 0.571. The minimum Gasteiger partial charge on any atom is -0.313 e. The van der Waals surface area contributed by atoms with Crippen LogP contribution in [0.5, 0.6) is 0 Å². The molecule has 1 aliphatic rings. The van der Waals surface area contributed by atoms with Crippen LogP contribution in [0.1, 0.15) is 26.2 Å². The third-order valence-electron chi connectivity index (χ3n) is 3.40. The van der Waals surface area contributed by atoms with Gasteiger partial charge in [0.1, 0.15) is 0 Å². The molecule has 1 aromatic rings. The molecule has 0 aromatic heterocycles. The van der Waals surface area contributed by atoms with Crippen LogP contribution < -0.4 is 5.32 Å². The van der Waals surface area contributed by atoms with Crippen molar-refractivity contribution in [1.29, 1.82) is 0 Å². The van der Waals surface area contributed by atoms with E-state index in [1.807, 2.05) is 6.07 Å². The molecule has 19 heavy (non-hydrogen) atoms. The van der Waals surface area contributed by atoms with Gasteiger partial charge < -0.3 is 5.32 Å². The standard InChI is InChI=1S/C14H20BrNO2S/c1-2-8-16-14(11-6-7-11)10-19(17,18)13-5-3-4-12(15)9-13/h3-5,9,11,14,16H,2,6-8,10H2,1H3. The molecule has 1 saturated carbocycles. The lowest BCUT2D eigenvalue weighted by molar-refractivity contribution is 0.489. The van der Waals surface area contributed by atoms with Crippen molar-refractivity contribution in [3.8, 4) is 0 Å². The summed E-state index contributed by atoms with van der Waals surface area (Å²) in [5.41, 5.74) is 0. The predicted octanol–water partition coefficient (Wildman–Crippen LogP) is 3.00. The molecule has 0 aliphatic heterocycles. The van der Waals surface area contributed by atoms with Gasteiger partial charge in [0.05, 0.1) is 10.6 Å². The number of hydrogen-bond acceptors (Lipinski definition) is 3. The SMILES string of the molecule is CCCNC(CS(=O)(=O)c1cccc(Br)c1)C1CC1. The van der Waals surface area contributed by atoms with Crippen molar-refractivity contribution >= 4 is 25.8 Å². The first-order valence-corrected chi connectivity index (χ1v) is 9.19. The summed E-state index contributed by atoms with van der Waals surface area (Å²) >= 11 is 3.32. The van der Waals surface area contributed by atoms with Crippen LogP contribution in [0.3, 0.4) is 0 Å². The van der Waals surface area contributed by atoms with E-state index in [-0.39, 0.29) is 11.8 Å². The van der Waals surface area contributed by atoms with E-state index < -0.39 is 9.84 Å². The second-order valence-electron chi connectivity index (χ2n) is 5.14. The van der Waals surface area contributed by atoms with E-state index in [0.29, 0.717) is 10.8 Å². The lowest BCUT2D eigenvalue weighted by Crippen LogP contribution is -2.38. The Labute approximate surface area is 123 Å². The molecule has 1 unspecified atom stereocenters. The van der Waals surface area contributed by atoms with Crippen LogP contribution in [-0.2, 0) is 9.84 Å². The third-order valence-corrected chi connectivity index (χ3v) is 5.67. The second kappa shape index (κ2) is 6.37. The van der Waals surface area contributed by atoms with Gasteiger partial charge in [0.2, 0.25) is 0 Å². The van der Waals surface area contributed by atoms with Gasteiger partial charge in [-0.25, -0.2) is 8.42 Å². The second-order valence-corrected chi connectivity index (χ2v) is 8.09. The maximum Gasteiger partial charge on any atom is 0.179 e. The van der Waals surface area contributed by atoms with Gasteiger partial charge in [-0.15, -0.1) is 0 Å². The lowest BCUT2D eigenvalue weighted by Gasteiger charge is -2.18. The molecule has 106 valence electrons. The average Bonchev–Trinajstić information content (AvgIpc) is 3.18. The van der Waals surface area contributed by atoms with Crippen molar-refractivity contribution in [3.05, 3.63) is 28.7 Å². The Bertz CT molecular complexity index is 526.